The fraction of sp³-hybridized carbons (Fsp3) is 0.474. The van der Waals surface area contributed by atoms with Gasteiger partial charge in [0.05, 0.1) is 32.8 Å². The van der Waals surface area contributed by atoms with Crippen LogP contribution in [0.1, 0.15) is 6.92 Å². The standard InChI is InChI=1S/C19H24O8/c1-9-16(20)17(21)18(22)19(26-9)27-14-8-12(24-3)6-10-5-11(23-2)7-13(25-4)15(10)14/h5-9,16-22H,1-4H3/t9-,16-,17+,18+,19?/m0/s1. The molecule has 0 bridgehead atoms. The zero-order valence-electron chi connectivity index (χ0n) is 15.6. The van der Waals surface area contributed by atoms with E-state index in [1.807, 2.05) is 0 Å². The molecule has 1 fully saturated rings. The van der Waals surface area contributed by atoms with Crippen LogP contribution in [0.4, 0.5) is 0 Å². The summed E-state index contributed by atoms with van der Waals surface area (Å²) in [5.74, 6) is 1.95. The van der Waals surface area contributed by atoms with Gasteiger partial charge in [-0.25, -0.2) is 0 Å². The Morgan fingerprint density at radius 1 is 0.778 bits per heavy atom. The molecule has 3 rings (SSSR count). The summed E-state index contributed by atoms with van der Waals surface area (Å²) >= 11 is 0. The number of aliphatic hydroxyl groups excluding tert-OH is 3. The Kier molecular flexibility index (Phi) is 5.61. The van der Waals surface area contributed by atoms with E-state index in [-0.39, 0.29) is 0 Å². The second-order valence-corrected chi connectivity index (χ2v) is 6.35. The van der Waals surface area contributed by atoms with Crippen molar-refractivity contribution in [3.8, 4) is 23.0 Å². The number of fused-ring (bicyclic) bond motifs is 1. The topological polar surface area (TPSA) is 107 Å². The van der Waals surface area contributed by atoms with Crippen molar-refractivity contribution < 1.29 is 39.0 Å². The Bertz CT molecular complexity index is 803. The van der Waals surface area contributed by atoms with Crippen molar-refractivity contribution in [2.45, 2.75) is 37.6 Å². The molecule has 1 heterocycles. The maximum atomic E-state index is 10.3. The van der Waals surface area contributed by atoms with Gasteiger partial charge in [-0.3, -0.25) is 0 Å². The zero-order chi connectivity index (χ0) is 19.7. The van der Waals surface area contributed by atoms with Gasteiger partial charge in [0.2, 0.25) is 6.29 Å². The van der Waals surface area contributed by atoms with Gasteiger partial charge in [-0.15, -0.1) is 0 Å². The van der Waals surface area contributed by atoms with E-state index in [0.29, 0.717) is 28.4 Å². The predicted octanol–water partition coefficient (Wildman–Crippen LogP) is 1.07. The van der Waals surface area contributed by atoms with Crippen LogP contribution in [0.5, 0.6) is 23.0 Å². The first-order valence-corrected chi connectivity index (χ1v) is 8.49. The molecule has 0 aromatic heterocycles. The normalized spacial score (nSPS) is 28.0. The monoisotopic (exact) mass is 380 g/mol. The van der Waals surface area contributed by atoms with Crippen molar-refractivity contribution >= 4 is 10.8 Å². The van der Waals surface area contributed by atoms with Crippen LogP contribution in [-0.2, 0) is 4.74 Å². The molecular formula is C19H24O8. The summed E-state index contributed by atoms with van der Waals surface area (Å²) < 4.78 is 27.5. The third-order valence-electron chi connectivity index (χ3n) is 4.67. The van der Waals surface area contributed by atoms with E-state index < -0.39 is 30.7 Å². The number of methoxy groups -OCH3 is 3. The maximum Gasteiger partial charge on any atom is 0.229 e. The van der Waals surface area contributed by atoms with Gasteiger partial charge in [0.25, 0.3) is 0 Å². The third-order valence-corrected chi connectivity index (χ3v) is 4.67. The van der Waals surface area contributed by atoms with Crippen molar-refractivity contribution in [2.75, 3.05) is 21.3 Å². The fourth-order valence-corrected chi connectivity index (χ4v) is 3.11. The molecule has 3 N–H and O–H groups in total. The highest BCUT2D eigenvalue weighted by molar-refractivity contribution is 5.96. The van der Waals surface area contributed by atoms with E-state index in [2.05, 4.69) is 0 Å². The van der Waals surface area contributed by atoms with Gasteiger partial charge >= 0.3 is 0 Å². The maximum absolute atomic E-state index is 10.3. The molecular weight excluding hydrogens is 356 g/mol. The van der Waals surface area contributed by atoms with Crippen molar-refractivity contribution in [1.29, 1.82) is 0 Å². The first-order chi connectivity index (χ1) is 12.9. The van der Waals surface area contributed by atoms with Gasteiger partial charge < -0.3 is 39.0 Å². The van der Waals surface area contributed by atoms with E-state index >= 15 is 0 Å². The van der Waals surface area contributed by atoms with Crippen LogP contribution in [0.3, 0.4) is 0 Å². The Labute approximate surface area is 156 Å². The molecule has 0 radical (unpaired) electrons. The van der Waals surface area contributed by atoms with Gasteiger partial charge in [0, 0.05) is 12.1 Å². The smallest absolute Gasteiger partial charge is 0.229 e. The molecule has 27 heavy (non-hydrogen) atoms. The summed E-state index contributed by atoms with van der Waals surface area (Å²) in [4.78, 5) is 0. The van der Waals surface area contributed by atoms with Crippen LogP contribution in [0.25, 0.3) is 10.8 Å². The minimum absolute atomic E-state index is 0.337. The molecule has 148 valence electrons. The number of ether oxygens (including phenoxy) is 5. The molecule has 0 aliphatic carbocycles. The highest BCUT2D eigenvalue weighted by Gasteiger charge is 2.43. The summed E-state index contributed by atoms with van der Waals surface area (Å²) in [6.45, 7) is 1.59. The number of benzene rings is 2. The Morgan fingerprint density at radius 3 is 1.93 bits per heavy atom. The Hall–Kier alpha value is -2.26. The summed E-state index contributed by atoms with van der Waals surface area (Å²) in [6, 6.07) is 6.94. The van der Waals surface area contributed by atoms with Crippen LogP contribution >= 0.6 is 0 Å². The molecule has 1 saturated heterocycles. The van der Waals surface area contributed by atoms with E-state index in [4.69, 9.17) is 23.7 Å². The first kappa shape index (κ1) is 19.5. The lowest BCUT2D eigenvalue weighted by Gasteiger charge is -2.39. The van der Waals surface area contributed by atoms with Gasteiger partial charge in [0.15, 0.2) is 0 Å². The minimum Gasteiger partial charge on any atom is -0.497 e. The average molecular weight is 380 g/mol. The molecule has 0 amide bonds. The second-order valence-electron chi connectivity index (χ2n) is 6.35. The Morgan fingerprint density at radius 2 is 1.37 bits per heavy atom. The van der Waals surface area contributed by atoms with Crippen LogP contribution < -0.4 is 18.9 Å². The van der Waals surface area contributed by atoms with Crippen molar-refractivity contribution in [2.24, 2.45) is 0 Å². The molecule has 1 unspecified atom stereocenters. The third kappa shape index (κ3) is 3.61. The Balaban J connectivity index is 2.07. The van der Waals surface area contributed by atoms with Crippen LogP contribution in [0.2, 0.25) is 0 Å². The summed E-state index contributed by atoms with van der Waals surface area (Å²) in [5.41, 5.74) is 0. The average Bonchev–Trinajstić information content (AvgIpc) is 2.68. The SMILES string of the molecule is COc1cc(OC)c2c(OC3O[C@@H](C)[C@H](O)[C@@H](O)[C@H]3O)cc(OC)cc2c1. The van der Waals surface area contributed by atoms with Crippen molar-refractivity contribution in [3.63, 3.8) is 0 Å². The van der Waals surface area contributed by atoms with Crippen LogP contribution in [0.15, 0.2) is 24.3 Å². The van der Waals surface area contributed by atoms with Crippen LogP contribution in [-0.4, -0.2) is 67.4 Å². The second kappa shape index (κ2) is 7.77. The molecule has 0 spiro atoms. The van der Waals surface area contributed by atoms with E-state index in [1.54, 1.807) is 38.3 Å². The first-order valence-electron chi connectivity index (χ1n) is 8.49. The highest BCUT2D eigenvalue weighted by Crippen LogP contribution is 2.41. The van der Waals surface area contributed by atoms with E-state index in [1.165, 1.54) is 14.2 Å². The molecule has 5 atom stereocenters. The van der Waals surface area contributed by atoms with Gasteiger partial charge in [-0.2, -0.15) is 0 Å². The van der Waals surface area contributed by atoms with Crippen LogP contribution in [0, 0.1) is 0 Å². The van der Waals surface area contributed by atoms with E-state index in [0.717, 1.165) is 5.39 Å². The predicted molar refractivity (Wildman–Crippen MR) is 96.6 cm³/mol. The van der Waals surface area contributed by atoms with Crippen molar-refractivity contribution in [1.82, 2.24) is 0 Å². The lowest BCUT2D eigenvalue weighted by molar-refractivity contribution is -0.267. The largest absolute Gasteiger partial charge is 0.497 e. The number of rotatable bonds is 5. The fourth-order valence-electron chi connectivity index (χ4n) is 3.11. The number of aliphatic hydroxyl groups is 3. The molecule has 8 nitrogen and oxygen atoms in total. The molecule has 1 aliphatic heterocycles. The lowest BCUT2D eigenvalue weighted by atomic mass is 10.00. The van der Waals surface area contributed by atoms with Gasteiger partial charge in [0.1, 0.15) is 41.3 Å². The number of hydrogen-bond acceptors (Lipinski definition) is 8. The molecule has 0 saturated carbocycles. The summed E-state index contributed by atoms with van der Waals surface area (Å²) in [6.07, 6.45) is -5.92. The summed E-state index contributed by atoms with van der Waals surface area (Å²) in [5, 5.41) is 31.5. The van der Waals surface area contributed by atoms with Crippen molar-refractivity contribution in [3.05, 3.63) is 24.3 Å². The highest BCUT2D eigenvalue weighted by atomic mass is 16.7. The van der Waals surface area contributed by atoms with Gasteiger partial charge in [-0.05, 0) is 24.4 Å². The zero-order valence-corrected chi connectivity index (χ0v) is 15.6. The molecule has 8 heteroatoms. The van der Waals surface area contributed by atoms with Gasteiger partial charge in [-0.1, -0.05) is 0 Å². The lowest BCUT2D eigenvalue weighted by Crippen LogP contribution is -2.58. The summed E-state index contributed by atoms with van der Waals surface area (Å²) in [7, 11) is 4.60. The minimum atomic E-state index is -1.43. The molecule has 2 aromatic rings. The number of hydrogen-bond donors (Lipinski definition) is 3. The molecule has 1 aliphatic rings. The van der Waals surface area contributed by atoms with E-state index in [9.17, 15) is 15.3 Å². The molecule has 2 aromatic carbocycles. The quantitative estimate of drug-likeness (QED) is 0.707.